The van der Waals surface area contributed by atoms with E-state index in [1.807, 2.05) is 0 Å². The van der Waals surface area contributed by atoms with E-state index >= 15 is 0 Å². The first-order valence-electron chi connectivity index (χ1n) is 5.21. The van der Waals surface area contributed by atoms with Crippen LogP contribution in [0.2, 0.25) is 0 Å². The molecule has 1 saturated heterocycles. The third-order valence-electron chi connectivity index (χ3n) is 2.65. The molecule has 1 aromatic rings. The summed E-state index contributed by atoms with van der Waals surface area (Å²) in [4.78, 5) is 28.6. The van der Waals surface area contributed by atoms with Crippen molar-refractivity contribution >= 4 is 17.6 Å². The summed E-state index contributed by atoms with van der Waals surface area (Å²) in [6.07, 6.45) is 3.21. The van der Waals surface area contributed by atoms with E-state index in [2.05, 4.69) is 9.72 Å². The van der Waals surface area contributed by atoms with E-state index in [4.69, 9.17) is 5.73 Å². The number of nitrogens with two attached hydrogens (primary N) is 1. The largest absolute Gasteiger partial charge is 0.465 e. The van der Waals surface area contributed by atoms with Gasteiger partial charge < -0.3 is 15.4 Å². The predicted octanol–water partition coefficient (Wildman–Crippen LogP) is -0.0678. The molecule has 0 saturated carbocycles. The summed E-state index contributed by atoms with van der Waals surface area (Å²) >= 11 is 0. The molecule has 1 aliphatic heterocycles. The quantitative estimate of drug-likeness (QED) is 0.725. The lowest BCUT2D eigenvalue weighted by atomic mass is 10.2. The number of carbonyl (C=O) groups is 2. The Bertz CT molecular complexity index is 461. The molecule has 1 amide bonds. The van der Waals surface area contributed by atoms with Gasteiger partial charge in [-0.05, 0) is 6.07 Å². The monoisotopic (exact) mass is 235 g/mol. The van der Waals surface area contributed by atoms with Gasteiger partial charge in [0, 0.05) is 31.4 Å². The van der Waals surface area contributed by atoms with Crippen LogP contribution in [-0.2, 0) is 9.53 Å². The molecule has 0 radical (unpaired) electrons. The van der Waals surface area contributed by atoms with Crippen LogP contribution in [0.4, 0.5) is 5.69 Å². The van der Waals surface area contributed by atoms with E-state index in [-0.39, 0.29) is 17.5 Å². The minimum atomic E-state index is -0.513. The standard InChI is InChI=1S/C11H13N3O3/c1-17-11(16)8-5-13-3-2-9(8)14-6-7(12)4-10(14)15/h2-3,5,7H,4,6,12H2,1H3. The van der Waals surface area contributed by atoms with Gasteiger partial charge in [-0.15, -0.1) is 0 Å². The van der Waals surface area contributed by atoms with E-state index in [0.717, 1.165) is 0 Å². The van der Waals surface area contributed by atoms with E-state index in [9.17, 15) is 9.59 Å². The summed E-state index contributed by atoms with van der Waals surface area (Å²) in [5.41, 5.74) is 6.50. The molecule has 1 fully saturated rings. The molecule has 1 aromatic heterocycles. The molecule has 0 aliphatic carbocycles. The summed E-state index contributed by atoms with van der Waals surface area (Å²) in [6, 6.07) is 1.42. The van der Waals surface area contributed by atoms with E-state index < -0.39 is 5.97 Å². The molecular formula is C11H13N3O3. The zero-order chi connectivity index (χ0) is 12.4. The zero-order valence-corrected chi connectivity index (χ0v) is 9.42. The van der Waals surface area contributed by atoms with Crippen molar-refractivity contribution in [2.75, 3.05) is 18.6 Å². The molecule has 1 atom stereocenters. The smallest absolute Gasteiger partial charge is 0.341 e. The average molecular weight is 235 g/mol. The number of hydrogen-bond acceptors (Lipinski definition) is 5. The molecule has 1 unspecified atom stereocenters. The van der Waals surface area contributed by atoms with Crippen LogP contribution in [-0.4, -0.2) is 36.6 Å². The number of aromatic nitrogens is 1. The molecule has 0 aromatic carbocycles. The fourth-order valence-corrected chi connectivity index (χ4v) is 1.86. The molecule has 1 aliphatic rings. The number of rotatable bonds is 2. The van der Waals surface area contributed by atoms with Crippen molar-refractivity contribution in [1.82, 2.24) is 4.98 Å². The predicted molar refractivity (Wildman–Crippen MR) is 60.5 cm³/mol. The van der Waals surface area contributed by atoms with Gasteiger partial charge in [0.2, 0.25) is 5.91 Å². The number of amides is 1. The number of methoxy groups -OCH3 is 1. The van der Waals surface area contributed by atoms with E-state index in [1.165, 1.54) is 24.4 Å². The Morgan fingerprint density at radius 3 is 3.00 bits per heavy atom. The Balaban J connectivity index is 2.38. The van der Waals surface area contributed by atoms with Crippen molar-refractivity contribution in [3.63, 3.8) is 0 Å². The summed E-state index contributed by atoms with van der Waals surface area (Å²) < 4.78 is 4.65. The fraction of sp³-hybridized carbons (Fsp3) is 0.364. The molecular weight excluding hydrogens is 222 g/mol. The van der Waals surface area contributed by atoms with E-state index in [0.29, 0.717) is 18.7 Å². The maximum Gasteiger partial charge on any atom is 0.341 e. The summed E-state index contributed by atoms with van der Waals surface area (Å²) in [6.45, 7) is 0.410. The second kappa shape index (κ2) is 4.50. The molecule has 2 rings (SSSR count). The van der Waals surface area contributed by atoms with E-state index in [1.54, 1.807) is 6.07 Å². The van der Waals surface area contributed by atoms with Gasteiger partial charge in [0.25, 0.3) is 0 Å². The number of anilines is 1. The molecule has 17 heavy (non-hydrogen) atoms. The highest BCUT2D eigenvalue weighted by atomic mass is 16.5. The van der Waals surface area contributed by atoms with Crippen LogP contribution in [0.1, 0.15) is 16.8 Å². The van der Waals surface area contributed by atoms with Crippen molar-refractivity contribution in [2.45, 2.75) is 12.5 Å². The van der Waals surface area contributed by atoms with Crippen molar-refractivity contribution in [2.24, 2.45) is 5.73 Å². The van der Waals surface area contributed by atoms with Crippen LogP contribution in [0.25, 0.3) is 0 Å². The topological polar surface area (TPSA) is 85.5 Å². The van der Waals surface area contributed by atoms with Gasteiger partial charge in [0.1, 0.15) is 5.56 Å². The van der Waals surface area contributed by atoms with Crippen molar-refractivity contribution in [3.05, 3.63) is 24.0 Å². The van der Waals surface area contributed by atoms with Crippen LogP contribution in [0.3, 0.4) is 0 Å². The van der Waals surface area contributed by atoms with Crippen LogP contribution < -0.4 is 10.6 Å². The van der Waals surface area contributed by atoms with Crippen LogP contribution in [0, 0.1) is 0 Å². The van der Waals surface area contributed by atoms with Gasteiger partial charge in [-0.25, -0.2) is 4.79 Å². The summed E-state index contributed by atoms with van der Waals surface area (Å²) in [5, 5.41) is 0. The molecule has 0 bridgehead atoms. The molecule has 2 N–H and O–H groups in total. The number of esters is 1. The number of ether oxygens (including phenoxy) is 1. The Labute approximate surface area is 98.4 Å². The average Bonchev–Trinajstić information content (AvgIpc) is 2.67. The Morgan fingerprint density at radius 1 is 1.65 bits per heavy atom. The maximum atomic E-state index is 11.7. The molecule has 2 heterocycles. The summed E-state index contributed by atoms with van der Waals surface area (Å²) in [7, 11) is 1.29. The number of nitrogens with zero attached hydrogens (tertiary/aromatic N) is 2. The van der Waals surface area contributed by atoms with Crippen LogP contribution in [0.5, 0.6) is 0 Å². The minimum absolute atomic E-state index is 0.0890. The third-order valence-corrected chi connectivity index (χ3v) is 2.65. The highest BCUT2D eigenvalue weighted by Crippen LogP contribution is 2.24. The first kappa shape index (κ1) is 11.5. The third kappa shape index (κ3) is 2.12. The molecule has 0 spiro atoms. The lowest BCUT2D eigenvalue weighted by molar-refractivity contribution is -0.117. The highest BCUT2D eigenvalue weighted by Gasteiger charge is 2.30. The first-order chi connectivity index (χ1) is 8.13. The second-order valence-corrected chi connectivity index (χ2v) is 3.85. The lowest BCUT2D eigenvalue weighted by Gasteiger charge is -2.18. The fourth-order valence-electron chi connectivity index (χ4n) is 1.86. The van der Waals surface area contributed by atoms with Crippen LogP contribution >= 0.6 is 0 Å². The number of carbonyl (C=O) groups excluding carboxylic acids is 2. The lowest BCUT2D eigenvalue weighted by Crippen LogP contribution is -2.29. The molecule has 90 valence electrons. The van der Waals surface area contributed by atoms with Gasteiger partial charge in [-0.3, -0.25) is 9.78 Å². The van der Waals surface area contributed by atoms with Gasteiger partial charge in [0.15, 0.2) is 0 Å². The number of hydrogen-bond donors (Lipinski definition) is 1. The normalized spacial score (nSPS) is 19.5. The van der Waals surface area contributed by atoms with Gasteiger partial charge in [0.05, 0.1) is 12.8 Å². The maximum absolute atomic E-state index is 11.7. The minimum Gasteiger partial charge on any atom is -0.465 e. The summed E-state index contributed by atoms with van der Waals surface area (Å²) in [5.74, 6) is -0.602. The zero-order valence-electron chi connectivity index (χ0n) is 9.42. The Morgan fingerprint density at radius 2 is 2.41 bits per heavy atom. The molecule has 6 heteroatoms. The highest BCUT2D eigenvalue weighted by molar-refractivity contribution is 6.03. The van der Waals surface area contributed by atoms with Crippen molar-refractivity contribution < 1.29 is 14.3 Å². The van der Waals surface area contributed by atoms with Gasteiger partial charge in [-0.1, -0.05) is 0 Å². The van der Waals surface area contributed by atoms with Crippen molar-refractivity contribution in [3.8, 4) is 0 Å². The second-order valence-electron chi connectivity index (χ2n) is 3.85. The first-order valence-corrected chi connectivity index (χ1v) is 5.21. The van der Waals surface area contributed by atoms with Gasteiger partial charge in [-0.2, -0.15) is 0 Å². The SMILES string of the molecule is COC(=O)c1cnccc1N1CC(N)CC1=O. The Hall–Kier alpha value is -1.95. The van der Waals surface area contributed by atoms with Gasteiger partial charge >= 0.3 is 5.97 Å². The molecule has 6 nitrogen and oxygen atoms in total. The van der Waals surface area contributed by atoms with Crippen molar-refractivity contribution in [1.29, 1.82) is 0 Å². The van der Waals surface area contributed by atoms with Crippen LogP contribution in [0.15, 0.2) is 18.5 Å². The number of pyridine rings is 1. The Kier molecular flexibility index (Phi) is 3.06.